The minimum absolute atomic E-state index is 0.0620. The first-order valence-corrected chi connectivity index (χ1v) is 6.33. The number of hydrogen-bond donors (Lipinski definition) is 1. The van der Waals surface area contributed by atoms with Crippen molar-refractivity contribution in [2.24, 2.45) is 0 Å². The first-order valence-electron chi connectivity index (χ1n) is 6.33. The van der Waals surface area contributed by atoms with Crippen molar-refractivity contribution >= 4 is 0 Å². The van der Waals surface area contributed by atoms with Gasteiger partial charge in [0, 0.05) is 26.7 Å². The number of aromatic nitrogens is 2. The summed E-state index contributed by atoms with van der Waals surface area (Å²) in [6.07, 6.45) is 3.89. The average Bonchev–Trinajstić information content (AvgIpc) is 2.98. The molecule has 1 saturated heterocycles. The second-order valence-electron chi connectivity index (χ2n) is 4.67. The van der Waals surface area contributed by atoms with E-state index in [4.69, 9.17) is 9.26 Å². The van der Waals surface area contributed by atoms with Crippen LogP contribution >= 0.6 is 0 Å². The third kappa shape index (κ3) is 2.66. The molecule has 1 fully saturated rings. The van der Waals surface area contributed by atoms with Gasteiger partial charge >= 0.3 is 0 Å². The molecule has 2 heterocycles. The van der Waals surface area contributed by atoms with Crippen LogP contribution in [-0.4, -0.2) is 36.9 Å². The van der Waals surface area contributed by atoms with Crippen molar-refractivity contribution in [3.63, 3.8) is 0 Å². The van der Waals surface area contributed by atoms with Crippen molar-refractivity contribution in [2.45, 2.75) is 38.0 Å². The summed E-state index contributed by atoms with van der Waals surface area (Å²) in [5.41, 5.74) is 0.0620. The van der Waals surface area contributed by atoms with Crippen molar-refractivity contribution in [1.82, 2.24) is 15.5 Å². The van der Waals surface area contributed by atoms with Crippen LogP contribution in [0.2, 0.25) is 0 Å². The molecule has 1 aliphatic rings. The summed E-state index contributed by atoms with van der Waals surface area (Å²) in [7, 11) is 1.71. The van der Waals surface area contributed by atoms with Gasteiger partial charge in [0.1, 0.15) is 0 Å². The zero-order chi connectivity index (χ0) is 12.1. The Kier molecular flexibility index (Phi) is 4.12. The topological polar surface area (TPSA) is 60.2 Å². The highest BCUT2D eigenvalue weighted by atomic mass is 16.5. The molecule has 0 bridgehead atoms. The number of nitrogens with one attached hydrogen (secondary N) is 1. The highest BCUT2D eigenvalue weighted by molar-refractivity contribution is 5.09. The third-order valence-corrected chi connectivity index (χ3v) is 3.59. The largest absolute Gasteiger partial charge is 0.385 e. The molecule has 1 unspecified atom stereocenters. The molecule has 0 saturated carbocycles. The predicted octanol–water partition coefficient (Wildman–Crippen LogP) is 1.29. The van der Waals surface area contributed by atoms with Gasteiger partial charge in [0.2, 0.25) is 5.89 Å². The molecular formula is C12H21N3O2. The molecule has 1 N–H and O–H groups in total. The quantitative estimate of drug-likeness (QED) is 0.758. The summed E-state index contributed by atoms with van der Waals surface area (Å²) < 4.78 is 10.4. The van der Waals surface area contributed by atoms with Crippen LogP contribution in [0.3, 0.4) is 0 Å². The molecule has 1 aliphatic heterocycles. The van der Waals surface area contributed by atoms with Crippen LogP contribution < -0.4 is 5.32 Å². The van der Waals surface area contributed by atoms with E-state index < -0.39 is 0 Å². The first-order chi connectivity index (χ1) is 8.30. The predicted molar refractivity (Wildman–Crippen MR) is 64.0 cm³/mol. The summed E-state index contributed by atoms with van der Waals surface area (Å²) in [5.74, 6) is 1.61. The Bertz CT molecular complexity index is 345. The number of hydrogen-bond acceptors (Lipinski definition) is 5. The van der Waals surface area contributed by atoms with Crippen molar-refractivity contribution < 1.29 is 9.26 Å². The molecule has 96 valence electrons. The fourth-order valence-corrected chi connectivity index (χ4v) is 2.32. The lowest BCUT2D eigenvalue weighted by atomic mass is 9.84. The molecule has 0 aromatic carbocycles. The van der Waals surface area contributed by atoms with Crippen LogP contribution in [0.1, 0.15) is 37.9 Å². The van der Waals surface area contributed by atoms with E-state index in [0.717, 1.165) is 57.1 Å². The second kappa shape index (κ2) is 5.60. The van der Waals surface area contributed by atoms with Crippen LogP contribution in [0.5, 0.6) is 0 Å². The van der Waals surface area contributed by atoms with Gasteiger partial charge < -0.3 is 14.6 Å². The molecule has 1 atom stereocenters. The summed E-state index contributed by atoms with van der Waals surface area (Å²) in [6.45, 7) is 4.91. The van der Waals surface area contributed by atoms with Crippen molar-refractivity contribution in [3.05, 3.63) is 11.7 Å². The summed E-state index contributed by atoms with van der Waals surface area (Å²) in [4.78, 5) is 4.53. The molecule has 0 aliphatic carbocycles. The Morgan fingerprint density at radius 2 is 2.41 bits per heavy atom. The molecule has 5 heteroatoms. The third-order valence-electron chi connectivity index (χ3n) is 3.59. The van der Waals surface area contributed by atoms with E-state index in [1.54, 1.807) is 7.11 Å². The van der Waals surface area contributed by atoms with Crippen LogP contribution in [0, 0.1) is 0 Å². The molecule has 1 aromatic heterocycles. The van der Waals surface area contributed by atoms with Crippen molar-refractivity contribution in [3.8, 4) is 0 Å². The van der Waals surface area contributed by atoms with E-state index in [2.05, 4.69) is 22.4 Å². The molecule has 0 spiro atoms. The van der Waals surface area contributed by atoms with Crippen molar-refractivity contribution in [1.29, 1.82) is 0 Å². The molecule has 0 amide bonds. The smallest absolute Gasteiger partial charge is 0.234 e. The Hall–Kier alpha value is -0.940. The molecule has 0 radical (unpaired) electrons. The number of nitrogens with zero attached hydrogens (tertiary/aromatic N) is 2. The molecule has 17 heavy (non-hydrogen) atoms. The highest BCUT2D eigenvalue weighted by Gasteiger charge is 2.39. The highest BCUT2D eigenvalue weighted by Crippen LogP contribution is 2.32. The molecule has 1 aromatic rings. The zero-order valence-electron chi connectivity index (χ0n) is 10.7. The number of methoxy groups -OCH3 is 1. The van der Waals surface area contributed by atoms with Gasteiger partial charge in [-0.05, 0) is 25.8 Å². The number of rotatable bonds is 6. The Balaban J connectivity index is 2.01. The molecule has 5 nitrogen and oxygen atoms in total. The Morgan fingerprint density at radius 3 is 3.06 bits per heavy atom. The second-order valence-corrected chi connectivity index (χ2v) is 4.67. The van der Waals surface area contributed by atoms with Gasteiger partial charge in [-0.15, -0.1) is 0 Å². The van der Waals surface area contributed by atoms with Gasteiger partial charge in [-0.25, -0.2) is 0 Å². The van der Waals surface area contributed by atoms with Gasteiger partial charge in [-0.3, -0.25) is 0 Å². The zero-order valence-corrected chi connectivity index (χ0v) is 10.7. The van der Waals surface area contributed by atoms with E-state index in [9.17, 15) is 0 Å². The fourth-order valence-electron chi connectivity index (χ4n) is 2.32. The van der Waals surface area contributed by atoms with Crippen LogP contribution in [0.25, 0.3) is 0 Å². The SMILES string of the molecule is CCC1(c2nc(CCCOC)no2)CCNC1. The van der Waals surface area contributed by atoms with Crippen LogP contribution in [-0.2, 0) is 16.6 Å². The number of aryl methyl sites for hydroxylation is 1. The lowest BCUT2D eigenvalue weighted by Crippen LogP contribution is -2.28. The molecular weight excluding hydrogens is 218 g/mol. The normalized spacial score (nSPS) is 24.4. The maximum Gasteiger partial charge on any atom is 0.234 e. The summed E-state index contributed by atoms with van der Waals surface area (Å²) in [5, 5.41) is 7.43. The summed E-state index contributed by atoms with van der Waals surface area (Å²) >= 11 is 0. The lowest BCUT2D eigenvalue weighted by molar-refractivity contribution is 0.194. The Morgan fingerprint density at radius 1 is 1.53 bits per heavy atom. The average molecular weight is 239 g/mol. The van der Waals surface area contributed by atoms with Crippen molar-refractivity contribution in [2.75, 3.05) is 26.8 Å². The minimum atomic E-state index is 0.0620. The first kappa shape index (κ1) is 12.5. The monoisotopic (exact) mass is 239 g/mol. The standard InChI is InChI=1S/C12H21N3O2/c1-3-12(6-7-13-9-12)11-14-10(15-17-11)5-4-8-16-2/h13H,3-9H2,1-2H3. The molecule has 2 rings (SSSR count). The van der Waals surface area contributed by atoms with E-state index in [-0.39, 0.29) is 5.41 Å². The van der Waals surface area contributed by atoms with Gasteiger partial charge in [0.25, 0.3) is 0 Å². The maximum atomic E-state index is 5.43. The maximum absolute atomic E-state index is 5.43. The van der Waals surface area contributed by atoms with E-state index in [0.29, 0.717) is 0 Å². The van der Waals surface area contributed by atoms with E-state index >= 15 is 0 Å². The van der Waals surface area contributed by atoms with Gasteiger partial charge in [-0.1, -0.05) is 12.1 Å². The van der Waals surface area contributed by atoms with Gasteiger partial charge in [0.15, 0.2) is 5.82 Å². The van der Waals surface area contributed by atoms with Crippen LogP contribution in [0.15, 0.2) is 4.52 Å². The van der Waals surface area contributed by atoms with E-state index in [1.807, 2.05) is 0 Å². The number of ether oxygens (including phenoxy) is 1. The fraction of sp³-hybridized carbons (Fsp3) is 0.833. The summed E-state index contributed by atoms with van der Waals surface area (Å²) in [6, 6.07) is 0. The lowest BCUT2D eigenvalue weighted by Gasteiger charge is -2.20. The van der Waals surface area contributed by atoms with Gasteiger partial charge in [0.05, 0.1) is 5.41 Å². The van der Waals surface area contributed by atoms with Crippen LogP contribution in [0.4, 0.5) is 0 Å². The Labute approximate surface area is 102 Å². The minimum Gasteiger partial charge on any atom is -0.385 e. The van der Waals surface area contributed by atoms with Gasteiger partial charge in [-0.2, -0.15) is 4.98 Å². The van der Waals surface area contributed by atoms with E-state index in [1.165, 1.54) is 0 Å².